The maximum absolute atomic E-state index is 3.77. The van der Waals surface area contributed by atoms with Crippen molar-refractivity contribution in [1.82, 2.24) is 5.32 Å². The van der Waals surface area contributed by atoms with Crippen LogP contribution in [-0.4, -0.2) is 17.5 Å². The number of hydrogen-bond acceptors (Lipinski definition) is 2. The average molecular weight is 306 g/mol. The predicted molar refractivity (Wildman–Crippen MR) is 96.3 cm³/mol. The zero-order valence-electron chi connectivity index (χ0n) is 14.3. The summed E-state index contributed by atoms with van der Waals surface area (Å²) in [6, 6.07) is 9.58. The summed E-state index contributed by atoms with van der Waals surface area (Å²) in [6.07, 6.45) is 7.82. The van der Waals surface area contributed by atoms with E-state index in [4.69, 9.17) is 0 Å². The quantitative estimate of drug-likeness (QED) is 0.791. The van der Waals surface area contributed by atoms with Crippen LogP contribution in [0.25, 0.3) is 0 Å². The number of rotatable bonds is 5. The van der Waals surface area contributed by atoms with Crippen LogP contribution in [0.5, 0.6) is 0 Å². The molecule has 1 fully saturated rings. The van der Waals surface area contributed by atoms with Crippen LogP contribution >= 0.6 is 11.8 Å². The van der Waals surface area contributed by atoms with Gasteiger partial charge in [0.15, 0.2) is 0 Å². The highest BCUT2D eigenvalue weighted by atomic mass is 32.2. The molecule has 118 valence electrons. The predicted octanol–water partition coefficient (Wildman–Crippen LogP) is 5.31. The van der Waals surface area contributed by atoms with Gasteiger partial charge in [-0.1, -0.05) is 57.9 Å². The molecule has 1 saturated carbocycles. The van der Waals surface area contributed by atoms with E-state index in [9.17, 15) is 0 Å². The summed E-state index contributed by atoms with van der Waals surface area (Å²) in [6.45, 7) is 10.2. The molecule has 1 aromatic carbocycles. The number of benzene rings is 1. The molecule has 0 saturated heterocycles. The lowest BCUT2D eigenvalue weighted by molar-refractivity contribution is 0.486. The van der Waals surface area contributed by atoms with Gasteiger partial charge >= 0.3 is 0 Å². The largest absolute Gasteiger partial charge is 0.309 e. The highest BCUT2D eigenvalue weighted by Gasteiger charge is 2.32. The minimum absolute atomic E-state index is 0.238. The Hall–Kier alpha value is -0.470. The molecule has 21 heavy (non-hydrogen) atoms. The Morgan fingerprint density at radius 2 is 1.71 bits per heavy atom. The lowest BCUT2D eigenvalue weighted by atomic mass is 9.86. The van der Waals surface area contributed by atoms with Gasteiger partial charge in [0, 0.05) is 17.3 Å². The molecule has 1 atom stereocenters. The van der Waals surface area contributed by atoms with Crippen LogP contribution in [0.2, 0.25) is 0 Å². The van der Waals surface area contributed by atoms with Gasteiger partial charge in [-0.05, 0) is 42.6 Å². The molecule has 1 aliphatic carbocycles. The van der Waals surface area contributed by atoms with Crippen LogP contribution in [-0.2, 0) is 5.41 Å². The van der Waals surface area contributed by atoms with Crippen molar-refractivity contribution in [2.45, 2.75) is 69.6 Å². The van der Waals surface area contributed by atoms with E-state index >= 15 is 0 Å². The number of hydrogen-bond donors (Lipinski definition) is 1. The van der Waals surface area contributed by atoms with Crippen molar-refractivity contribution < 1.29 is 0 Å². The van der Waals surface area contributed by atoms with Crippen LogP contribution < -0.4 is 5.32 Å². The van der Waals surface area contributed by atoms with E-state index in [1.54, 1.807) is 0 Å². The zero-order valence-corrected chi connectivity index (χ0v) is 15.1. The molecular weight excluding hydrogens is 274 g/mol. The first-order valence-electron chi connectivity index (χ1n) is 8.25. The summed E-state index contributed by atoms with van der Waals surface area (Å²) in [4.78, 5) is 0. The third-order valence-corrected chi connectivity index (χ3v) is 6.37. The van der Waals surface area contributed by atoms with Crippen molar-refractivity contribution in [1.29, 1.82) is 0 Å². The average Bonchev–Trinajstić information content (AvgIpc) is 2.93. The van der Waals surface area contributed by atoms with Crippen molar-refractivity contribution in [2.24, 2.45) is 0 Å². The molecule has 1 unspecified atom stereocenters. The van der Waals surface area contributed by atoms with Gasteiger partial charge in [-0.25, -0.2) is 0 Å². The first kappa shape index (κ1) is 16.9. The van der Waals surface area contributed by atoms with Crippen molar-refractivity contribution in [3.8, 4) is 0 Å². The van der Waals surface area contributed by atoms with Crippen molar-refractivity contribution in [2.75, 3.05) is 12.8 Å². The number of nitrogens with one attached hydrogen (secondary N) is 1. The first-order chi connectivity index (χ1) is 9.86. The van der Waals surface area contributed by atoms with E-state index in [2.05, 4.69) is 75.3 Å². The van der Waals surface area contributed by atoms with E-state index in [0.717, 1.165) is 6.54 Å². The van der Waals surface area contributed by atoms with Crippen LogP contribution in [0.4, 0.5) is 0 Å². The highest BCUT2D eigenvalue weighted by Crippen LogP contribution is 2.40. The van der Waals surface area contributed by atoms with E-state index < -0.39 is 0 Å². The molecule has 1 nitrogen and oxygen atoms in total. The number of thioether (sulfide) groups is 1. The molecular formula is C19H31NS. The van der Waals surface area contributed by atoms with Crippen LogP contribution in [0.3, 0.4) is 0 Å². The van der Waals surface area contributed by atoms with Crippen LogP contribution in [0.15, 0.2) is 24.3 Å². The SMILES string of the molecule is CSC1(CNC(C)c2ccc(C(C)(C)C)cc2)CCCC1. The second kappa shape index (κ2) is 6.75. The maximum Gasteiger partial charge on any atom is 0.0292 e. The van der Waals surface area contributed by atoms with Gasteiger partial charge in [0.2, 0.25) is 0 Å². The molecule has 0 radical (unpaired) electrons. The molecule has 0 bridgehead atoms. The molecule has 1 aliphatic rings. The van der Waals surface area contributed by atoms with Gasteiger partial charge in [0.1, 0.15) is 0 Å². The van der Waals surface area contributed by atoms with Crippen molar-refractivity contribution >= 4 is 11.8 Å². The summed E-state index contributed by atoms with van der Waals surface area (Å²) in [7, 11) is 0. The summed E-state index contributed by atoms with van der Waals surface area (Å²) >= 11 is 2.06. The Bertz CT molecular complexity index is 438. The third kappa shape index (κ3) is 4.26. The van der Waals surface area contributed by atoms with Gasteiger partial charge in [-0.15, -0.1) is 0 Å². The molecule has 0 aromatic heterocycles. The Labute approximate surface area is 135 Å². The lowest BCUT2D eigenvalue weighted by Gasteiger charge is -2.29. The van der Waals surface area contributed by atoms with Crippen molar-refractivity contribution in [3.05, 3.63) is 35.4 Å². The van der Waals surface area contributed by atoms with E-state index in [1.807, 2.05) is 0 Å². The van der Waals surface area contributed by atoms with E-state index in [-0.39, 0.29) is 5.41 Å². The molecule has 0 spiro atoms. The minimum Gasteiger partial charge on any atom is -0.309 e. The monoisotopic (exact) mass is 305 g/mol. The Kier molecular flexibility index (Phi) is 5.43. The molecule has 2 rings (SSSR count). The minimum atomic E-state index is 0.238. The summed E-state index contributed by atoms with van der Waals surface area (Å²) in [5, 5.41) is 3.77. The molecule has 0 heterocycles. The highest BCUT2D eigenvalue weighted by molar-refractivity contribution is 8.00. The summed E-state index contributed by atoms with van der Waals surface area (Å²) < 4.78 is 0.486. The standard InChI is InChI=1S/C19H31NS/c1-15(20-14-19(21-5)12-6-7-13-19)16-8-10-17(11-9-16)18(2,3)4/h8-11,15,20H,6-7,12-14H2,1-5H3. The fourth-order valence-corrected chi connectivity index (χ4v) is 4.13. The maximum atomic E-state index is 3.77. The smallest absolute Gasteiger partial charge is 0.0292 e. The Morgan fingerprint density at radius 3 is 2.19 bits per heavy atom. The van der Waals surface area contributed by atoms with Gasteiger partial charge in [-0.3, -0.25) is 0 Å². The van der Waals surface area contributed by atoms with Crippen LogP contribution in [0, 0.1) is 0 Å². The fraction of sp³-hybridized carbons (Fsp3) is 0.684. The normalized spacial score (nSPS) is 19.7. The Morgan fingerprint density at radius 1 is 1.14 bits per heavy atom. The summed E-state index contributed by atoms with van der Waals surface area (Å²) in [5.41, 5.74) is 3.05. The topological polar surface area (TPSA) is 12.0 Å². The molecule has 0 aliphatic heterocycles. The second-order valence-corrected chi connectivity index (χ2v) is 8.84. The molecule has 1 N–H and O–H groups in total. The summed E-state index contributed by atoms with van der Waals surface area (Å²) in [5.74, 6) is 0. The van der Waals surface area contributed by atoms with Gasteiger partial charge in [-0.2, -0.15) is 11.8 Å². The van der Waals surface area contributed by atoms with Crippen LogP contribution in [0.1, 0.15) is 70.5 Å². The molecule has 0 amide bonds. The van der Waals surface area contributed by atoms with E-state index in [0.29, 0.717) is 10.8 Å². The van der Waals surface area contributed by atoms with Gasteiger partial charge < -0.3 is 5.32 Å². The third-order valence-electron chi connectivity index (χ3n) is 4.95. The zero-order chi connectivity index (χ0) is 15.5. The van der Waals surface area contributed by atoms with Gasteiger partial charge in [0.05, 0.1) is 0 Å². The first-order valence-corrected chi connectivity index (χ1v) is 9.48. The lowest BCUT2D eigenvalue weighted by Crippen LogP contribution is -2.36. The van der Waals surface area contributed by atoms with Crippen molar-refractivity contribution in [3.63, 3.8) is 0 Å². The molecule has 1 aromatic rings. The molecule has 2 heteroatoms. The fourth-order valence-electron chi connectivity index (χ4n) is 3.20. The van der Waals surface area contributed by atoms with Gasteiger partial charge in [0.25, 0.3) is 0 Å². The second-order valence-electron chi connectivity index (χ2n) is 7.57. The van der Waals surface area contributed by atoms with E-state index in [1.165, 1.54) is 36.8 Å². The Balaban J connectivity index is 1.95.